The molecular weight excluding hydrogens is 440 g/mol. The molecule has 1 aliphatic rings. The lowest BCUT2D eigenvalue weighted by Crippen LogP contribution is -2.33. The second-order valence-electron chi connectivity index (χ2n) is 7.99. The first-order valence-electron chi connectivity index (χ1n) is 10.9. The van der Waals surface area contributed by atoms with E-state index in [0.717, 1.165) is 29.2 Å². The number of carbonyl (C=O) groups is 1. The standard InChI is InChI=1S/C24H28N4O4S/c1-16(2)23(17-9-10-20-21(13-17)32-12-6-11-31-20)26-22(29)14-33-24-27-25-15-28(24)18-7-4-5-8-19(18)30-3/h4-5,7-10,13,15-16,23H,6,11-12,14H2,1-3H3,(H,26,29). The summed E-state index contributed by atoms with van der Waals surface area (Å²) in [5, 5.41) is 12.0. The number of benzene rings is 2. The SMILES string of the molecule is COc1ccccc1-n1cnnc1SCC(=O)NC(c1ccc2c(c1)OCCCO2)C(C)C. The predicted octanol–water partition coefficient (Wildman–Crippen LogP) is 4.04. The van der Waals surface area contributed by atoms with Crippen LogP contribution in [0.4, 0.5) is 0 Å². The molecule has 1 amide bonds. The van der Waals surface area contributed by atoms with Crippen LogP contribution < -0.4 is 19.5 Å². The summed E-state index contributed by atoms with van der Waals surface area (Å²) in [7, 11) is 1.62. The first-order valence-corrected chi connectivity index (χ1v) is 11.9. The van der Waals surface area contributed by atoms with Gasteiger partial charge in [-0.2, -0.15) is 0 Å². The van der Waals surface area contributed by atoms with Crippen molar-refractivity contribution < 1.29 is 19.0 Å². The quantitative estimate of drug-likeness (QED) is 0.499. The number of hydrogen-bond acceptors (Lipinski definition) is 7. The molecule has 4 rings (SSSR count). The van der Waals surface area contributed by atoms with Gasteiger partial charge in [0.25, 0.3) is 0 Å². The molecule has 3 aromatic rings. The monoisotopic (exact) mass is 468 g/mol. The van der Waals surface area contributed by atoms with E-state index in [-0.39, 0.29) is 23.6 Å². The number of hydrogen-bond donors (Lipinski definition) is 1. The lowest BCUT2D eigenvalue weighted by Gasteiger charge is -2.24. The van der Waals surface area contributed by atoms with Gasteiger partial charge in [-0.15, -0.1) is 10.2 Å². The Balaban J connectivity index is 1.44. The molecule has 9 heteroatoms. The average Bonchev–Trinajstić information content (AvgIpc) is 3.17. The summed E-state index contributed by atoms with van der Waals surface area (Å²) in [5.74, 6) is 2.50. The van der Waals surface area contributed by atoms with E-state index in [1.54, 1.807) is 13.4 Å². The first kappa shape index (κ1) is 23.0. The zero-order valence-corrected chi connectivity index (χ0v) is 19.8. The second-order valence-corrected chi connectivity index (χ2v) is 8.93. The van der Waals surface area contributed by atoms with Gasteiger partial charge >= 0.3 is 0 Å². The zero-order valence-electron chi connectivity index (χ0n) is 19.0. The van der Waals surface area contributed by atoms with Crippen LogP contribution in [0, 0.1) is 5.92 Å². The summed E-state index contributed by atoms with van der Waals surface area (Å²) in [5.41, 5.74) is 1.81. The molecule has 0 bridgehead atoms. The van der Waals surface area contributed by atoms with Crippen LogP contribution >= 0.6 is 11.8 Å². The number of thioether (sulfide) groups is 1. The first-order chi connectivity index (χ1) is 16.1. The van der Waals surface area contributed by atoms with Crippen molar-refractivity contribution in [2.75, 3.05) is 26.1 Å². The van der Waals surface area contributed by atoms with Crippen molar-refractivity contribution in [3.8, 4) is 22.9 Å². The summed E-state index contributed by atoms with van der Waals surface area (Å²) >= 11 is 1.33. The maximum atomic E-state index is 12.9. The molecule has 0 saturated carbocycles. The molecule has 0 radical (unpaired) electrons. The molecule has 2 heterocycles. The van der Waals surface area contributed by atoms with Gasteiger partial charge in [0.1, 0.15) is 12.1 Å². The minimum Gasteiger partial charge on any atom is -0.495 e. The van der Waals surface area contributed by atoms with Crippen molar-refractivity contribution in [2.24, 2.45) is 5.92 Å². The van der Waals surface area contributed by atoms with Gasteiger partial charge in [0.15, 0.2) is 16.7 Å². The highest BCUT2D eigenvalue weighted by Crippen LogP contribution is 2.34. The molecule has 1 unspecified atom stereocenters. The highest BCUT2D eigenvalue weighted by atomic mass is 32.2. The minimum absolute atomic E-state index is 0.0830. The molecule has 0 spiro atoms. The van der Waals surface area contributed by atoms with Gasteiger partial charge in [0.05, 0.1) is 37.8 Å². The van der Waals surface area contributed by atoms with E-state index in [2.05, 4.69) is 29.4 Å². The molecule has 33 heavy (non-hydrogen) atoms. The summed E-state index contributed by atoms with van der Waals surface area (Å²) in [6, 6.07) is 13.3. The number of aromatic nitrogens is 3. The highest BCUT2D eigenvalue weighted by molar-refractivity contribution is 7.99. The van der Waals surface area contributed by atoms with Crippen LogP contribution in [0.3, 0.4) is 0 Å². The zero-order chi connectivity index (χ0) is 23.2. The van der Waals surface area contributed by atoms with E-state index in [1.165, 1.54) is 11.8 Å². The fraction of sp³-hybridized carbons (Fsp3) is 0.375. The fourth-order valence-electron chi connectivity index (χ4n) is 3.67. The van der Waals surface area contributed by atoms with Gasteiger partial charge in [-0.05, 0) is 35.7 Å². The lowest BCUT2D eigenvalue weighted by atomic mass is 9.95. The summed E-state index contributed by atoms with van der Waals surface area (Å²) in [6.45, 7) is 5.44. The van der Waals surface area contributed by atoms with Crippen molar-refractivity contribution in [2.45, 2.75) is 31.5 Å². The Labute approximate surface area is 197 Å². The molecular formula is C24H28N4O4S. The van der Waals surface area contributed by atoms with Gasteiger partial charge in [-0.3, -0.25) is 9.36 Å². The third kappa shape index (κ3) is 5.42. The minimum atomic E-state index is -0.151. The van der Waals surface area contributed by atoms with Gasteiger partial charge in [0.2, 0.25) is 5.91 Å². The van der Waals surface area contributed by atoms with Gasteiger partial charge in [-0.1, -0.05) is 43.8 Å². The Bertz CT molecular complexity index is 1100. The van der Waals surface area contributed by atoms with E-state index in [9.17, 15) is 4.79 Å². The van der Waals surface area contributed by atoms with E-state index in [4.69, 9.17) is 14.2 Å². The van der Waals surface area contributed by atoms with E-state index in [0.29, 0.717) is 24.1 Å². The number of nitrogens with one attached hydrogen (secondary N) is 1. The van der Waals surface area contributed by atoms with Crippen LogP contribution in [0.2, 0.25) is 0 Å². The molecule has 0 fully saturated rings. The van der Waals surface area contributed by atoms with Crippen molar-refractivity contribution >= 4 is 17.7 Å². The molecule has 8 nitrogen and oxygen atoms in total. The Morgan fingerprint density at radius 3 is 2.76 bits per heavy atom. The van der Waals surface area contributed by atoms with E-state index < -0.39 is 0 Å². The van der Waals surface area contributed by atoms with Gasteiger partial charge in [-0.25, -0.2) is 0 Å². The lowest BCUT2D eigenvalue weighted by molar-refractivity contribution is -0.119. The van der Waals surface area contributed by atoms with Crippen LogP contribution in [-0.4, -0.2) is 46.7 Å². The van der Waals surface area contributed by atoms with Crippen LogP contribution in [0.1, 0.15) is 31.9 Å². The number of carbonyl (C=O) groups excluding carboxylic acids is 1. The van der Waals surface area contributed by atoms with Crippen molar-refractivity contribution in [1.82, 2.24) is 20.1 Å². The number of nitrogens with zero attached hydrogens (tertiary/aromatic N) is 3. The molecule has 1 atom stereocenters. The molecule has 0 aliphatic carbocycles. The number of para-hydroxylation sites is 2. The van der Waals surface area contributed by atoms with Crippen LogP contribution in [0.15, 0.2) is 53.9 Å². The Hall–Kier alpha value is -3.20. The Morgan fingerprint density at radius 2 is 1.97 bits per heavy atom. The number of ether oxygens (including phenoxy) is 3. The molecule has 1 aliphatic heterocycles. The Morgan fingerprint density at radius 1 is 1.18 bits per heavy atom. The molecule has 174 valence electrons. The summed E-state index contributed by atoms with van der Waals surface area (Å²) in [4.78, 5) is 12.9. The predicted molar refractivity (Wildman–Crippen MR) is 126 cm³/mol. The second kappa shape index (κ2) is 10.6. The number of amides is 1. The fourth-order valence-corrected chi connectivity index (χ4v) is 4.40. The molecule has 1 aromatic heterocycles. The maximum Gasteiger partial charge on any atom is 0.230 e. The third-order valence-electron chi connectivity index (χ3n) is 5.31. The molecule has 2 aromatic carbocycles. The van der Waals surface area contributed by atoms with Gasteiger partial charge < -0.3 is 19.5 Å². The third-order valence-corrected chi connectivity index (χ3v) is 6.25. The average molecular weight is 469 g/mol. The summed E-state index contributed by atoms with van der Waals surface area (Å²) in [6.07, 6.45) is 2.47. The number of methoxy groups -OCH3 is 1. The van der Waals surface area contributed by atoms with Crippen molar-refractivity contribution in [3.63, 3.8) is 0 Å². The van der Waals surface area contributed by atoms with Gasteiger partial charge in [0, 0.05) is 6.42 Å². The Kier molecular flexibility index (Phi) is 7.39. The number of fused-ring (bicyclic) bond motifs is 1. The summed E-state index contributed by atoms with van der Waals surface area (Å²) < 4.78 is 18.8. The molecule has 0 saturated heterocycles. The van der Waals surface area contributed by atoms with Crippen molar-refractivity contribution in [1.29, 1.82) is 0 Å². The van der Waals surface area contributed by atoms with Crippen LogP contribution in [-0.2, 0) is 4.79 Å². The smallest absolute Gasteiger partial charge is 0.230 e. The van der Waals surface area contributed by atoms with Crippen LogP contribution in [0.25, 0.3) is 5.69 Å². The highest BCUT2D eigenvalue weighted by Gasteiger charge is 2.22. The normalized spacial score (nSPS) is 13.9. The largest absolute Gasteiger partial charge is 0.495 e. The molecule has 1 N–H and O–H groups in total. The van der Waals surface area contributed by atoms with E-state index >= 15 is 0 Å². The number of rotatable bonds is 8. The maximum absolute atomic E-state index is 12.9. The van der Waals surface area contributed by atoms with E-state index in [1.807, 2.05) is 47.0 Å². The van der Waals surface area contributed by atoms with Crippen molar-refractivity contribution in [3.05, 3.63) is 54.4 Å². The van der Waals surface area contributed by atoms with Crippen LogP contribution in [0.5, 0.6) is 17.2 Å². The topological polar surface area (TPSA) is 87.5 Å².